The normalized spacial score (nSPS) is 12.3. The van der Waals surface area contributed by atoms with E-state index >= 15 is 0 Å². The van der Waals surface area contributed by atoms with Crippen LogP contribution in [-0.4, -0.2) is 19.8 Å². The maximum absolute atomic E-state index is 12.7. The van der Waals surface area contributed by atoms with Crippen LogP contribution in [0.4, 0.5) is 10.1 Å². The Bertz CT molecular complexity index is 573. The zero-order valence-corrected chi connectivity index (χ0v) is 12.3. The molecule has 1 N–H and O–H groups in total. The number of hydrogen-bond acceptors (Lipinski definition) is 2. The number of benzene rings is 2. The third kappa shape index (κ3) is 4.95. The smallest absolute Gasteiger partial charge is 0.131 e. The van der Waals surface area contributed by atoms with E-state index in [4.69, 9.17) is 4.74 Å². The molecule has 1 unspecified atom stereocenters. The summed E-state index contributed by atoms with van der Waals surface area (Å²) >= 11 is 0. The molecule has 0 aliphatic carbocycles. The molecule has 2 nitrogen and oxygen atoms in total. The van der Waals surface area contributed by atoms with Gasteiger partial charge in [-0.05, 0) is 42.3 Å². The second-order valence-corrected chi connectivity index (χ2v) is 4.87. The van der Waals surface area contributed by atoms with Crippen molar-refractivity contribution < 1.29 is 9.13 Å². The summed E-state index contributed by atoms with van der Waals surface area (Å²) in [7, 11) is 1.90. The fourth-order valence-electron chi connectivity index (χ4n) is 1.84. The Hall–Kier alpha value is -2.29. The Morgan fingerprint density at radius 3 is 2.00 bits per heavy atom. The molecule has 1 atom stereocenters. The zero-order valence-electron chi connectivity index (χ0n) is 12.3. The van der Waals surface area contributed by atoms with Crippen LogP contribution in [0.2, 0.25) is 0 Å². The topological polar surface area (TPSA) is 21.3 Å². The number of anilines is 1. The minimum Gasteiger partial charge on any atom is -0.491 e. The zero-order chi connectivity index (χ0) is 15.1. The van der Waals surface area contributed by atoms with Gasteiger partial charge in [-0.25, -0.2) is 4.39 Å². The average molecular weight is 285 g/mol. The fraction of sp³-hybridized carbons (Fsp3) is 0.222. The summed E-state index contributed by atoms with van der Waals surface area (Å²) in [5.74, 6) is 0.690. The van der Waals surface area contributed by atoms with Gasteiger partial charge in [0.25, 0.3) is 0 Å². The van der Waals surface area contributed by atoms with Crippen LogP contribution in [0.25, 0.3) is 12.2 Å². The van der Waals surface area contributed by atoms with Crippen molar-refractivity contribution in [3.63, 3.8) is 0 Å². The van der Waals surface area contributed by atoms with Crippen LogP contribution in [0, 0.1) is 0 Å². The molecule has 0 amide bonds. The molecule has 2 rings (SSSR count). The van der Waals surface area contributed by atoms with E-state index in [0.717, 1.165) is 16.8 Å². The Balaban J connectivity index is 1.97. The molecule has 0 aliphatic rings. The summed E-state index contributed by atoms with van der Waals surface area (Å²) in [6, 6.07) is 15.8. The molecule has 0 radical (unpaired) electrons. The van der Waals surface area contributed by atoms with Crippen molar-refractivity contribution in [3.05, 3.63) is 59.7 Å². The van der Waals surface area contributed by atoms with Crippen LogP contribution in [0.15, 0.2) is 48.5 Å². The van der Waals surface area contributed by atoms with Crippen molar-refractivity contribution in [2.45, 2.75) is 13.1 Å². The Labute approximate surface area is 125 Å². The van der Waals surface area contributed by atoms with Crippen LogP contribution in [0.3, 0.4) is 0 Å². The second kappa shape index (κ2) is 7.48. The summed E-state index contributed by atoms with van der Waals surface area (Å²) in [5, 5.41) is 3.09. The van der Waals surface area contributed by atoms with Gasteiger partial charge in [0.2, 0.25) is 0 Å². The van der Waals surface area contributed by atoms with E-state index in [1.54, 1.807) is 0 Å². The summed E-state index contributed by atoms with van der Waals surface area (Å²) < 4.78 is 18.0. The molecule has 0 heterocycles. The highest BCUT2D eigenvalue weighted by Gasteiger charge is 1.99. The van der Waals surface area contributed by atoms with Gasteiger partial charge in [-0.2, -0.15) is 0 Å². The molecule has 3 heteroatoms. The molecule has 21 heavy (non-hydrogen) atoms. The number of ether oxygens (including phenoxy) is 1. The molecule has 0 fully saturated rings. The predicted octanol–water partition coefficient (Wildman–Crippen LogP) is 4.64. The SMILES string of the molecule is CNc1ccc(/C=C/c2ccc(OCC(C)F)cc2)cc1. The molecule has 0 saturated heterocycles. The van der Waals surface area contributed by atoms with E-state index in [9.17, 15) is 4.39 Å². The van der Waals surface area contributed by atoms with Gasteiger partial charge >= 0.3 is 0 Å². The lowest BCUT2D eigenvalue weighted by Crippen LogP contribution is -2.07. The molecule has 0 saturated carbocycles. The van der Waals surface area contributed by atoms with Gasteiger partial charge in [0, 0.05) is 12.7 Å². The van der Waals surface area contributed by atoms with Crippen molar-refractivity contribution in [3.8, 4) is 5.75 Å². The van der Waals surface area contributed by atoms with Crippen LogP contribution in [0.1, 0.15) is 18.1 Å². The van der Waals surface area contributed by atoms with Gasteiger partial charge in [-0.3, -0.25) is 0 Å². The number of hydrogen-bond donors (Lipinski definition) is 1. The lowest BCUT2D eigenvalue weighted by atomic mass is 10.1. The number of rotatable bonds is 6. The quantitative estimate of drug-likeness (QED) is 0.781. The number of alkyl halides is 1. The number of nitrogens with one attached hydrogen (secondary N) is 1. The van der Waals surface area contributed by atoms with E-state index in [2.05, 4.69) is 23.5 Å². The molecular formula is C18H20FNO. The minimum absolute atomic E-state index is 0.0903. The summed E-state index contributed by atoms with van der Waals surface area (Å²) in [6.45, 7) is 1.57. The average Bonchev–Trinajstić information content (AvgIpc) is 2.52. The van der Waals surface area contributed by atoms with Gasteiger partial charge in [0.15, 0.2) is 0 Å². The first-order valence-corrected chi connectivity index (χ1v) is 7.00. The van der Waals surface area contributed by atoms with Crippen molar-refractivity contribution in [2.24, 2.45) is 0 Å². The van der Waals surface area contributed by atoms with Gasteiger partial charge in [-0.1, -0.05) is 36.4 Å². The van der Waals surface area contributed by atoms with Crippen molar-refractivity contribution in [1.29, 1.82) is 0 Å². The number of halogens is 1. The first-order chi connectivity index (χ1) is 10.2. The van der Waals surface area contributed by atoms with Crippen LogP contribution >= 0.6 is 0 Å². The van der Waals surface area contributed by atoms with Gasteiger partial charge in [0.05, 0.1) is 0 Å². The highest BCUT2D eigenvalue weighted by molar-refractivity contribution is 5.70. The highest BCUT2D eigenvalue weighted by atomic mass is 19.1. The van der Waals surface area contributed by atoms with Gasteiger partial charge in [0.1, 0.15) is 18.5 Å². The second-order valence-electron chi connectivity index (χ2n) is 4.87. The molecule has 0 aliphatic heterocycles. The molecule has 0 aromatic heterocycles. The van der Waals surface area contributed by atoms with E-state index in [1.807, 2.05) is 49.5 Å². The molecule has 110 valence electrons. The summed E-state index contributed by atoms with van der Waals surface area (Å²) in [4.78, 5) is 0. The Kier molecular flexibility index (Phi) is 5.38. The summed E-state index contributed by atoms with van der Waals surface area (Å²) in [5.41, 5.74) is 3.31. The maximum atomic E-state index is 12.7. The van der Waals surface area contributed by atoms with Crippen molar-refractivity contribution in [2.75, 3.05) is 19.0 Å². The highest BCUT2D eigenvalue weighted by Crippen LogP contribution is 2.16. The lowest BCUT2D eigenvalue weighted by molar-refractivity contribution is 0.210. The molecular weight excluding hydrogens is 265 g/mol. The molecule has 0 bridgehead atoms. The van der Waals surface area contributed by atoms with E-state index in [1.165, 1.54) is 6.92 Å². The molecule has 2 aromatic carbocycles. The van der Waals surface area contributed by atoms with Crippen LogP contribution < -0.4 is 10.1 Å². The molecule has 0 spiro atoms. The predicted molar refractivity (Wildman–Crippen MR) is 87.4 cm³/mol. The lowest BCUT2D eigenvalue weighted by Gasteiger charge is -2.06. The first-order valence-electron chi connectivity index (χ1n) is 7.00. The van der Waals surface area contributed by atoms with Crippen molar-refractivity contribution in [1.82, 2.24) is 0 Å². The third-order valence-electron chi connectivity index (χ3n) is 3.03. The minimum atomic E-state index is -0.954. The Morgan fingerprint density at radius 1 is 1.00 bits per heavy atom. The van der Waals surface area contributed by atoms with E-state index in [-0.39, 0.29) is 6.61 Å². The van der Waals surface area contributed by atoms with Gasteiger partial charge < -0.3 is 10.1 Å². The monoisotopic (exact) mass is 285 g/mol. The first kappa shape index (κ1) is 15.1. The van der Waals surface area contributed by atoms with Crippen LogP contribution in [0.5, 0.6) is 5.75 Å². The van der Waals surface area contributed by atoms with E-state index in [0.29, 0.717) is 5.75 Å². The van der Waals surface area contributed by atoms with Gasteiger partial charge in [-0.15, -0.1) is 0 Å². The Morgan fingerprint density at radius 2 is 1.52 bits per heavy atom. The maximum Gasteiger partial charge on any atom is 0.131 e. The van der Waals surface area contributed by atoms with Crippen LogP contribution in [-0.2, 0) is 0 Å². The summed E-state index contributed by atoms with van der Waals surface area (Å²) in [6.07, 6.45) is 3.14. The standard InChI is InChI=1S/C18H20FNO/c1-14(19)13-21-18-11-7-16(8-12-18)4-3-15-5-9-17(20-2)10-6-15/h3-12,14,20H,13H2,1-2H3/b4-3+. The fourth-order valence-corrected chi connectivity index (χ4v) is 1.84. The largest absolute Gasteiger partial charge is 0.491 e. The van der Waals surface area contributed by atoms with E-state index < -0.39 is 6.17 Å². The van der Waals surface area contributed by atoms with Crippen molar-refractivity contribution >= 4 is 17.8 Å². The molecule has 2 aromatic rings. The third-order valence-corrected chi connectivity index (χ3v) is 3.03.